The fraction of sp³-hybridized carbons (Fsp3) is 0.400. The van der Waals surface area contributed by atoms with E-state index in [2.05, 4.69) is 10.5 Å². The Kier molecular flexibility index (Phi) is 3.46. The van der Waals surface area contributed by atoms with Gasteiger partial charge >= 0.3 is 6.09 Å². The molecule has 0 aliphatic heterocycles. The number of carbonyl (C=O) groups excluding carboxylic acids is 1. The summed E-state index contributed by atoms with van der Waals surface area (Å²) >= 11 is 0. The zero-order valence-corrected chi connectivity index (χ0v) is 5.07. The number of hydrogen-bond acceptors (Lipinski definition) is 3. The Bertz CT molecular complexity index is 119. The molecular weight excluding hydrogens is 122 g/mol. The summed E-state index contributed by atoms with van der Waals surface area (Å²) in [6.07, 6.45) is 0.842. The van der Waals surface area contributed by atoms with Crippen LogP contribution in [0.5, 0.6) is 0 Å². The van der Waals surface area contributed by atoms with Crippen LogP contribution in [0.2, 0.25) is 0 Å². The van der Waals surface area contributed by atoms with E-state index in [0.717, 1.165) is 6.26 Å². The van der Waals surface area contributed by atoms with Gasteiger partial charge in [-0.2, -0.15) is 0 Å². The average molecular weight is 131 g/mol. The predicted molar refractivity (Wildman–Crippen MR) is 31.5 cm³/mol. The van der Waals surface area contributed by atoms with Gasteiger partial charge in [-0.3, -0.25) is 0 Å². The molecule has 4 heteroatoms. The quantitative estimate of drug-likeness (QED) is 0.517. The van der Waals surface area contributed by atoms with Gasteiger partial charge in [0.1, 0.15) is 0 Å². The lowest BCUT2D eigenvalue weighted by Gasteiger charge is -1.92. The Labute approximate surface area is 52.9 Å². The zero-order chi connectivity index (χ0) is 7.28. The molecule has 0 radical (unpaired) electrons. The monoisotopic (exact) mass is 131 g/mol. The summed E-state index contributed by atoms with van der Waals surface area (Å²) in [7, 11) is 0. The lowest BCUT2D eigenvalue weighted by atomic mass is 10.4. The first-order valence-electron chi connectivity index (χ1n) is 2.43. The third-order valence-electron chi connectivity index (χ3n) is 0.541. The van der Waals surface area contributed by atoms with Crippen LogP contribution in [0.25, 0.3) is 0 Å². The molecule has 52 valence electrons. The fourth-order valence-electron chi connectivity index (χ4n) is 0.220. The van der Waals surface area contributed by atoms with Gasteiger partial charge in [0.25, 0.3) is 0 Å². The molecule has 3 N–H and O–H groups in total. The van der Waals surface area contributed by atoms with Crippen molar-refractivity contribution in [2.45, 2.75) is 13.0 Å². The molecular formula is C5H9NO3. The molecule has 1 amide bonds. The molecule has 0 aliphatic carbocycles. The van der Waals surface area contributed by atoms with Gasteiger partial charge in [0.2, 0.25) is 0 Å². The van der Waals surface area contributed by atoms with E-state index in [9.17, 15) is 4.79 Å². The normalized spacial score (nSPS) is 13.6. The lowest BCUT2D eigenvalue weighted by Crippen LogP contribution is -2.09. The summed E-state index contributed by atoms with van der Waals surface area (Å²) in [5.41, 5.74) is 4.58. The molecule has 0 bridgehead atoms. The smallest absolute Gasteiger partial charge is 0.409 e. The molecule has 0 spiro atoms. The highest BCUT2D eigenvalue weighted by atomic mass is 16.5. The van der Waals surface area contributed by atoms with Crippen LogP contribution in [-0.2, 0) is 4.74 Å². The molecule has 1 atom stereocenters. The van der Waals surface area contributed by atoms with Crippen LogP contribution in [0, 0.1) is 0 Å². The molecule has 0 heterocycles. The second-order valence-electron chi connectivity index (χ2n) is 1.51. The van der Waals surface area contributed by atoms with E-state index in [1.807, 2.05) is 0 Å². The minimum absolute atomic E-state index is 0.621. The number of rotatable bonds is 2. The van der Waals surface area contributed by atoms with Gasteiger partial charge < -0.3 is 15.6 Å². The third kappa shape index (κ3) is 6.97. The van der Waals surface area contributed by atoms with Gasteiger partial charge in [-0.05, 0) is 13.0 Å². The van der Waals surface area contributed by atoms with Crippen molar-refractivity contribution in [1.29, 1.82) is 0 Å². The molecule has 0 fully saturated rings. The average Bonchev–Trinajstić information content (AvgIpc) is 1.63. The maximum absolute atomic E-state index is 9.85. The number of amides is 1. The van der Waals surface area contributed by atoms with Crippen LogP contribution >= 0.6 is 0 Å². The van der Waals surface area contributed by atoms with Crippen molar-refractivity contribution >= 4 is 6.09 Å². The molecule has 1 unspecified atom stereocenters. The highest BCUT2D eigenvalue weighted by Crippen LogP contribution is 1.83. The first-order chi connectivity index (χ1) is 4.13. The van der Waals surface area contributed by atoms with Crippen LogP contribution in [0.3, 0.4) is 0 Å². The maximum atomic E-state index is 9.85. The molecule has 0 aromatic heterocycles. The van der Waals surface area contributed by atoms with Crippen LogP contribution in [0.4, 0.5) is 4.79 Å². The van der Waals surface area contributed by atoms with Crippen molar-refractivity contribution in [3.8, 4) is 0 Å². The first-order valence-corrected chi connectivity index (χ1v) is 2.43. The Morgan fingerprint density at radius 1 is 1.89 bits per heavy atom. The largest absolute Gasteiger partial charge is 0.419 e. The van der Waals surface area contributed by atoms with Gasteiger partial charge in [0.15, 0.2) is 0 Å². The molecule has 4 nitrogen and oxygen atoms in total. The van der Waals surface area contributed by atoms with Crippen molar-refractivity contribution in [1.82, 2.24) is 0 Å². The van der Waals surface area contributed by atoms with Gasteiger partial charge in [-0.1, -0.05) is 0 Å². The molecule has 0 saturated heterocycles. The second kappa shape index (κ2) is 3.91. The second-order valence-corrected chi connectivity index (χ2v) is 1.51. The van der Waals surface area contributed by atoms with E-state index in [1.165, 1.54) is 13.0 Å². The topological polar surface area (TPSA) is 72.6 Å². The fourth-order valence-corrected chi connectivity index (χ4v) is 0.220. The van der Waals surface area contributed by atoms with E-state index in [-0.39, 0.29) is 0 Å². The Morgan fingerprint density at radius 3 is 2.78 bits per heavy atom. The van der Waals surface area contributed by atoms with E-state index in [4.69, 9.17) is 5.11 Å². The zero-order valence-electron chi connectivity index (χ0n) is 5.07. The number of aliphatic hydroxyl groups is 1. The van der Waals surface area contributed by atoms with Gasteiger partial charge in [0.05, 0.1) is 12.4 Å². The van der Waals surface area contributed by atoms with Crippen LogP contribution in [0.15, 0.2) is 12.3 Å². The minimum atomic E-state index is -0.882. The molecule has 0 aromatic rings. The van der Waals surface area contributed by atoms with Crippen molar-refractivity contribution in [3.63, 3.8) is 0 Å². The van der Waals surface area contributed by atoms with Crippen molar-refractivity contribution in [2.24, 2.45) is 5.73 Å². The SMILES string of the molecule is CC(O)/C=C/OC(N)=O. The summed E-state index contributed by atoms with van der Waals surface area (Å²) in [5, 5.41) is 8.55. The van der Waals surface area contributed by atoms with Gasteiger partial charge in [-0.15, -0.1) is 0 Å². The third-order valence-corrected chi connectivity index (χ3v) is 0.541. The van der Waals surface area contributed by atoms with Crippen LogP contribution in [-0.4, -0.2) is 17.3 Å². The van der Waals surface area contributed by atoms with E-state index in [1.54, 1.807) is 0 Å². The van der Waals surface area contributed by atoms with Crippen LogP contribution in [0.1, 0.15) is 6.92 Å². The molecule has 0 aliphatic rings. The van der Waals surface area contributed by atoms with Crippen molar-refractivity contribution in [3.05, 3.63) is 12.3 Å². The molecule has 9 heavy (non-hydrogen) atoms. The van der Waals surface area contributed by atoms with E-state index < -0.39 is 12.2 Å². The number of aliphatic hydroxyl groups excluding tert-OH is 1. The highest BCUT2D eigenvalue weighted by Gasteiger charge is 1.87. The highest BCUT2D eigenvalue weighted by molar-refractivity contribution is 5.65. The molecule has 0 saturated carbocycles. The lowest BCUT2D eigenvalue weighted by molar-refractivity contribution is 0.193. The minimum Gasteiger partial charge on any atom is -0.419 e. The Morgan fingerprint density at radius 2 is 2.44 bits per heavy atom. The number of primary amides is 1. The number of hydrogen-bond donors (Lipinski definition) is 2. The molecule has 0 aromatic carbocycles. The number of nitrogens with two attached hydrogens (primary N) is 1. The molecule has 0 rings (SSSR count). The van der Waals surface area contributed by atoms with Crippen LogP contribution < -0.4 is 5.73 Å². The van der Waals surface area contributed by atoms with Gasteiger partial charge in [-0.25, -0.2) is 4.79 Å². The van der Waals surface area contributed by atoms with E-state index >= 15 is 0 Å². The summed E-state index contributed by atoms with van der Waals surface area (Å²) < 4.78 is 4.15. The van der Waals surface area contributed by atoms with Gasteiger partial charge in [0, 0.05) is 0 Å². The summed E-state index contributed by atoms with van der Waals surface area (Å²) in [6, 6.07) is 0. The maximum Gasteiger partial charge on any atom is 0.409 e. The Balaban J connectivity index is 3.36. The summed E-state index contributed by atoms with van der Waals surface area (Å²) in [5.74, 6) is 0. The number of carbonyl (C=O) groups is 1. The summed E-state index contributed by atoms with van der Waals surface area (Å²) in [4.78, 5) is 9.85. The predicted octanol–water partition coefficient (Wildman–Crippen LogP) is -0.0238. The van der Waals surface area contributed by atoms with Crippen molar-refractivity contribution < 1.29 is 14.6 Å². The Hall–Kier alpha value is -1.03. The standard InChI is InChI=1S/C5H9NO3/c1-4(7)2-3-9-5(6)8/h2-4,7H,1H3,(H2,6,8)/b3-2+. The summed E-state index contributed by atoms with van der Waals surface area (Å²) in [6.45, 7) is 1.53. The van der Waals surface area contributed by atoms with E-state index in [0.29, 0.717) is 0 Å². The number of ether oxygens (including phenoxy) is 1. The first kappa shape index (κ1) is 7.97. The van der Waals surface area contributed by atoms with Crippen molar-refractivity contribution in [2.75, 3.05) is 0 Å².